The summed E-state index contributed by atoms with van der Waals surface area (Å²) in [6, 6.07) is 24.0. The highest BCUT2D eigenvalue weighted by Crippen LogP contribution is 2.33. The van der Waals surface area contributed by atoms with Crippen molar-refractivity contribution in [3.8, 4) is 22.6 Å². The van der Waals surface area contributed by atoms with Gasteiger partial charge in [0.15, 0.2) is 12.3 Å². The minimum atomic E-state index is -4.87. The molecule has 0 atom stereocenters. The van der Waals surface area contributed by atoms with Gasteiger partial charge in [-0.3, -0.25) is 20.4 Å². The predicted octanol–water partition coefficient (Wildman–Crippen LogP) is 4.40. The molecule has 2 N–H and O–H groups in total. The number of hydrogen-bond acceptors (Lipinski definition) is 4. The Hall–Kier alpha value is -4.60. The van der Waals surface area contributed by atoms with Gasteiger partial charge in [-0.25, -0.2) is 4.68 Å². The standard InChI is InChI=1S/C25H19F3N4O3/c26-25(27,28)23-20(15-29-32(23)18-11-5-2-6-12-18)24(34)31-30-22(33)16-35-21-14-8-7-13-19(21)17-9-3-1-4-10-17/h1-15H,16H2,(H,30,33)(H,31,34). The summed E-state index contributed by atoms with van der Waals surface area (Å²) < 4.78 is 47.4. The zero-order valence-electron chi connectivity index (χ0n) is 18.1. The van der Waals surface area contributed by atoms with Gasteiger partial charge in [-0.15, -0.1) is 0 Å². The van der Waals surface area contributed by atoms with E-state index in [0.717, 1.165) is 17.3 Å². The second-order valence-electron chi connectivity index (χ2n) is 7.31. The van der Waals surface area contributed by atoms with Crippen molar-refractivity contribution in [2.24, 2.45) is 0 Å². The molecule has 0 aliphatic heterocycles. The van der Waals surface area contributed by atoms with E-state index in [0.29, 0.717) is 10.4 Å². The van der Waals surface area contributed by atoms with Crippen molar-refractivity contribution in [2.75, 3.05) is 6.61 Å². The zero-order chi connectivity index (χ0) is 24.8. The first-order valence-corrected chi connectivity index (χ1v) is 10.4. The fraction of sp³-hybridized carbons (Fsp3) is 0.0800. The number of benzene rings is 3. The van der Waals surface area contributed by atoms with Gasteiger partial charge in [0.05, 0.1) is 17.4 Å². The van der Waals surface area contributed by atoms with Crippen LogP contribution in [0.2, 0.25) is 0 Å². The van der Waals surface area contributed by atoms with E-state index in [-0.39, 0.29) is 5.69 Å². The van der Waals surface area contributed by atoms with E-state index < -0.39 is 35.9 Å². The maximum atomic E-state index is 13.7. The molecule has 35 heavy (non-hydrogen) atoms. The molecule has 7 nitrogen and oxygen atoms in total. The van der Waals surface area contributed by atoms with Crippen molar-refractivity contribution in [2.45, 2.75) is 6.18 Å². The summed E-state index contributed by atoms with van der Waals surface area (Å²) in [5.41, 5.74) is 3.83. The first-order valence-electron chi connectivity index (χ1n) is 10.4. The van der Waals surface area contributed by atoms with E-state index in [2.05, 4.69) is 10.5 Å². The number of ether oxygens (including phenoxy) is 1. The molecular formula is C25H19F3N4O3. The molecule has 0 saturated carbocycles. The number of carbonyl (C=O) groups is 2. The summed E-state index contributed by atoms with van der Waals surface area (Å²) in [6.45, 7) is -0.473. The van der Waals surface area contributed by atoms with Crippen LogP contribution >= 0.6 is 0 Å². The van der Waals surface area contributed by atoms with Gasteiger partial charge in [0.2, 0.25) is 0 Å². The molecule has 0 aliphatic rings. The largest absolute Gasteiger partial charge is 0.483 e. The predicted molar refractivity (Wildman–Crippen MR) is 122 cm³/mol. The number of alkyl halides is 3. The average Bonchev–Trinajstić information content (AvgIpc) is 3.34. The van der Waals surface area contributed by atoms with Crippen LogP contribution in [0.1, 0.15) is 16.1 Å². The number of nitrogens with zero attached hydrogens (tertiary/aromatic N) is 2. The highest BCUT2D eigenvalue weighted by Gasteiger charge is 2.40. The monoisotopic (exact) mass is 480 g/mol. The molecule has 2 amide bonds. The van der Waals surface area contributed by atoms with Crippen LogP contribution in [0.3, 0.4) is 0 Å². The normalized spacial score (nSPS) is 11.1. The third kappa shape index (κ3) is 5.49. The highest BCUT2D eigenvalue weighted by atomic mass is 19.4. The van der Waals surface area contributed by atoms with Crippen LogP contribution < -0.4 is 15.6 Å². The molecule has 1 heterocycles. The Morgan fingerprint density at radius 1 is 0.857 bits per heavy atom. The molecule has 178 valence electrons. The number of para-hydroxylation sites is 2. The van der Waals surface area contributed by atoms with Crippen LogP contribution in [0.25, 0.3) is 16.8 Å². The number of rotatable bonds is 6. The maximum absolute atomic E-state index is 13.7. The average molecular weight is 480 g/mol. The molecule has 0 fully saturated rings. The number of halogens is 3. The zero-order valence-corrected chi connectivity index (χ0v) is 18.1. The highest BCUT2D eigenvalue weighted by molar-refractivity contribution is 5.96. The van der Waals surface area contributed by atoms with Gasteiger partial charge in [0, 0.05) is 5.56 Å². The minimum Gasteiger partial charge on any atom is -0.483 e. The van der Waals surface area contributed by atoms with Gasteiger partial charge < -0.3 is 4.74 Å². The fourth-order valence-electron chi connectivity index (χ4n) is 3.37. The lowest BCUT2D eigenvalue weighted by Crippen LogP contribution is -2.44. The minimum absolute atomic E-state index is 0.133. The summed E-state index contributed by atoms with van der Waals surface area (Å²) in [5, 5.41) is 3.71. The van der Waals surface area contributed by atoms with Crippen molar-refractivity contribution in [1.29, 1.82) is 0 Å². The van der Waals surface area contributed by atoms with Gasteiger partial charge in [-0.1, -0.05) is 66.7 Å². The molecule has 10 heteroatoms. The van der Waals surface area contributed by atoms with Crippen molar-refractivity contribution >= 4 is 11.8 Å². The molecule has 0 bridgehead atoms. The summed E-state index contributed by atoms with van der Waals surface area (Å²) in [6.07, 6.45) is -4.07. The van der Waals surface area contributed by atoms with Crippen molar-refractivity contribution in [3.63, 3.8) is 0 Å². The third-order valence-corrected chi connectivity index (χ3v) is 4.93. The SMILES string of the molecule is O=C(COc1ccccc1-c1ccccc1)NNC(=O)c1cnn(-c2ccccc2)c1C(F)(F)F. The second-order valence-corrected chi connectivity index (χ2v) is 7.31. The van der Waals surface area contributed by atoms with Crippen LogP contribution in [0.4, 0.5) is 13.2 Å². The lowest BCUT2D eigenvalue weighted by atomic mass is 10.1. The van der Waals surface area contributed by atoms with E-state index in [9.17, 15) is 22.8 Å². The van der Waals surface area contributed by atoms with Crippen LogP contribution in [0, 0.1) is 0 Å². The Bertz CT molecular complexity index is 1320. The third-order valence-electron chi connectivity index (χ3n) is 4.93. The number of aromatic nitrogens is 2. The fourth-order valence-corrected chi connectivity index (χ4v) is 3.37. The van der Waals surface area contributed by atoms with Gasteiger partial charge in [-0.2, -0.15) is 18.3 Å². The molecule has 1 aromatic heterocycles. The lowest BCUT2D eigenvalue weighted by Gasteiger charge is -2.14. The van der Waals surface area contributed by atoms with E-state index in [1.165, 1.54) is 12.1 Å². The number of hydrogen-bond donors (Lipinski definition) is 2. The summed E-state index contributed by atoms with van der Waals surface area (Å²) >= 11 is 0. The van der Waals surface area contributed by atoms with Crippen LogP contribution in [-0.4, -0.2) is 28.2 Å². The summed E-state index contributed by atoms with van der Waals surface area (Å²) in [5.74, 6) is -1.49. The molecular weight excluding hydrogens is 461 g/mol. The molecule has 0 saturated heterocycles. The van der Waals surface area contributed by atoms with Gasteiger partial charge in [0.25, 0.3) is 11.8 Å². The van der Waals surface area contributed by atoms with Crippen LogP contribution in [-0.2, 0) is 11.0 Å². The molecule has 0 aliphatic carbocycles. The van der Waals surface area contributed by atoms with Gasteiger partial charge in [-0.05, 0) is 23.8 Å². The molecule has 3 aromatic carbocycles. The number of carbonyl (C=O) groups excluding carboxylic acids is 2. The number of amides is 2. The van der Waals surface area contributed by atoms with Gasteiger partial charge >= 0.3 is 6.18 Å². The summed E-state index contributed by atoms with van der Waals surface area (Å²) in [4.78, 5) is 24.7. The topological polar surface area (TPSA) is 85.2 Å². The quantitative estimate of drug-likeness (QED) is 0.401. The molecule has 4 rings (SSSR count). The van der Waals surface area contributed by atoms with Crippen molar-refractivity contribution in [3.05, 3.63) is 102 Å². The van der Waals surface area contributed by atoms with Crippen molar-refractivity contribution < 1.29 is 27.5 Å². The Morgan fingerprint density at radius 3 is 2.17 bits per heavy atom. The Labute approximate surface area is 198 Å². The molecule has 0 spiro atoms. The maximum Gasteiger partial charge on any atom is 0.434 e. The lowest BCUT2D eigenvalue weighted by molar-refractivity contribution is -0.143. The molecule has 4 aromatic rings. The first kappa shape index (κ1) is 23.6. The Balaban J connectivity index is 1.42. The van der Waals surface area contributed by atoms with Crippen molar-refractivity contribution in [1.82, 2.24) is 20.6 Å². The van der Waals surface area contributed by atoms with Crippen LogP contribution in [0.5, 0.6) is 5.75 Å². The first-order chi connectivity index (χ1) is 16.8. The number of hydrazine groups is 1. The number of nitrogens with one attached hydrogen (secondary N) is 2. The van der Waals surface area contributed by atoms with Gasteiger partial charge in [0.1, 0.15) is 5.75 Å². The summed E-state index contributed by atoms with van der Waals surface area (Å²) in [7, 11) is 0. The van der Waals surface area contributed by atoms with E-state index in [4.69, 9.17) is 4.74 Å². The van der Waals surface area contributed by atoms with E-state index >= 15 is 0 Å². The molecule has 0 unspecified atom stereocenters. The second kappa shape index (κ2) is 10.1. The van der Waals surface area contributed by atoms with E-state index in [1.54, 1.807) is 30.3 Å². The molecule has 0 radical (unpaired) electrons. The Morgan fingerprint density at radius 2 is 1.49 bits per heavy atom. The van der Waals surface area contributed by atoms with Crippen LogP contribution in [0.15, 0.2) is 91.1 Å². The smallest absolute Gasteiger partial charge is 0.434 e. The Kier molecular flexibility index (Phi) is 6.81. The van der Waals surface area contributed by atoms with E-state index in [1.807, 2.05) is 47.9 Å².